The predicted octanol–water partition coefficient (Wildman–Crippen LogP) is 2.29. The molecule has 3 nitrogen and oxygen atoms in total. The lowest BCUT2D eigenvalue weighted by molar-refractivity contribution is 0.0629. The number of rotatable bonds is 3. The average Bonchev–Trinajstić information content (AvgIpc) is 2.78. The highest BCUT2D eigenvalue weighted by molar-refractivity contribution is 5.57. The van der Waals surface area contributed by atoms with E-state index in [1.54, 1.807) is 12.0 Å². The number of hydrogen-bond acceptors (Lipinski definition) is 3. The molecule has 5 heteroatoms. The van der Waals surface area contributed by atoms with Gasteiger partial charge < -0.3 is 9.64 Å². The van der Waals surface area contributed by atoms with Crippen molar-refractivity contribution in [1.29, 1.82) is 0 Å². The summed E-state index contributed by atoms with van der Waals surface area (Å²) < 4.78 is 31.2. The highest BCUT2D eigenvalue weighted by Gasteiger charge is 2.43. The number of methoxy groups -OCH3 is 1. The number of hydrogen-bond donors (Lipinski definition) is 0. The molecule has 2 rings (SSSR count). The molecule has 0 unspecified atom stereocenters. The van der Waals surface area contributed by atoms with Crippen molar-refractivity contribution in [2.45, 2.75) is 37.8 Å². The first kappa shape index (κ1) is 13.0. The van der Waals surface area contributed by atoms with Crippen LogP contribution >= 0.6 is 0 Å². The lowest BCUT2D eigenvalue weighted by Crippen LogP contribution is -2.33. The summed E-state index contributed by atoms with van der Waals surface area (Å²) in [6, 6.07) is -1.01. The van der Waals surface area contributed by atoms with Gasteiger partial charge in [-0.15, -0.1) is 0 Å². The summed E-state index contributed by atoms with van der Waals surface area (Å²) in [6.45, 7) is 0. The van der Waals surface area contributed by atoms with E-state index >= 15 is 0 Å². The molecule has 0 aromatic carbocycles. The average molecular weight is 255 g/mol. The molecule has 0 amide bonds. The zero-order valence-electron chi connectivity index (χ0n) is 10.1. The number of likely N-dealkylation sites (tertiary alicyclic amines) is 1. The van der Waals surface area contributed by atoms with Gasteiger partial charge in [0.05, 0.1) is 6.04 Å². The van der Waals surface area contributed by atoms with Crippen LogP contribution in [-0.2, 0) is 9.53 Å². The second kappa shape index (κ2) is 5.46. The van der Waals surface area contributed by atoms with Gasteiger partial charge in [0.15, 0.2) is 0 Å². The number of carbonyl (C=O) groups excluding carboxylic acids is 1. The topological polar surface area (TPSA) is 29.5 Å². The maximum absolute atomic E-state index is 13.1. The molecule has 0 aromatic heterocycles. The van der Waals surface area contributed by atoms with Crippen LogP contribution in [0.2, 0.25) is 0 Å². The summed E-state index contributed by atoms with van der Waals surface area (Å²) in [7, 11) is 1.42. The fourth-order valence-corrected chi connectivity index (χ4v) is 2.42. The molecular weight excluding hydrogens is 240 g/mol. The summed E-state index contributed by atoms with van der Waals surface area (Å²) in [5.41, 5.74) is 0.810. The fraction of sp³-hybridized carbons (Fsp3) is 0.538. The Kier molecular flexibility index (Phi) is 3.94. The second-order valence-electron chi connectivity index (χ2n) is 4.33. The Labute approximate surface area is 104 Å². The van der Waals surface area contributed by atoms with Gasteiger partial charge in [0.1, 0.15) is 17.7 Å². The Morgan fingerprint density at radius 1 is 1.50 bits per heavy atom. The molecule has 1 aliphatic carbocycles. The van der Waals surface area contributed by atoms with Crippen LogP contribution in [0.4, 0.5) is 8.78 Å². The Bertz CT molecular complexity index is 425. The van der Waals surface area contributed by atoms with Crippen molar-refractivity contribution in [2.75, 3.05) is 7.11 Å². The summed E-state index contributed by atoms with van der Waals surface area (Å²) in [4.78, 5) is 12.4. The zero-order chi connectivity index (χ0) is 13.1. The second-order valence-corrected chi connectivity index (χ2v) is 4.33. The van der Waals surface area contributed by atoms with Gasteiger partial charge in [-0.25, -0.2) is 13.6 Å². The smallest absolute Gasteiger partial charge is 0.259 e. The molecule has 0 bridgehead atoms. The molecular formula is C13H15F2NO2. The first-order valence-corrected chi connectivity index (χ1v) is 5.91. The highest BCUT2D eigenvalue weighted by Crippen LogP contribution is 2.36. The van der Waals surface area contributed by atoms with Gasteiger partial charge in [-0.1, -0.05) is 12.2 Å². The third-order valence-electron chi connectivity index (χ3n) is 3.29. The molecule has 0 radical (unpaired) electrons. The minimum atomic E-state index is -2.52. The van der Waals surface area contributed by atoms with Crippen molar-refractivity contribution < 1.29 is 18.3 Å². The molecule has 18 heavy (non-hydrogen) atoms. The molecule has 1 fully saturated rings. The lowest BCUT2D eigenvalue weighted by atomic mass is 10.1. The minimum absolute atomic E-state index is 0.115. The Morgan fingerprint density at radius 2 is 2.28 bits per heavy atom. The van der Waals surface area contributed by atoms with E-state index in [0.29, 0.717) is 5.70 Å². The van der Waals surface area contributed by atoms with E-state index in [4.69, 9.17) is 4.74 Å². The van der Waals surface area contributed by atoms with Crippen LogP contribution in [0.25, 0.3) is 0 Å². The Morgan fingerprint density at radius 3 is 2.78 bits per heavy atom. The molecule has 2 atom stereocenters. The summed E-state index contributed by atoms with van der Waals surface area (Å²) in [5.74, 6) is 1.76. The molecule has 1 aliphatic heterocycles. The number of nitrogens with zero attached hydrogens (tertiary/aromatic N) is 1. The van der Waals surface area contributed by atoms with Crippen molar-refractivity contribution >= 4 is 5.94 Å². The third-order valence-corrected chi connectivity index (χ3v) is 3.29. The van der Waals surface area contributed by atoms with Crippen molar-refractivity contribution in [3.8, 4) is 0 Å². The first-order valence-electron chi connectivity index (χ1n) is 5.91. The minimum Gasteiger partial charge on any atom is -0.374 e. The largest absolute Gasteiger partial charge is 0.374 e. The van der Waals surface area contributed by atoms with Gasteiger partial charge in [-0.3, -0.25) is 0 Å². The van der Waals surface area contributed by atoms with E-state index in [2.05, 4.69) is 0 Å². The van der Waals surface area contributed by atoms with Gasteiger partial charge in [-0.2, -0.15) is 0 Å². The Balaban J connectivity index is 2.35. The van der Waals surface area contributed by atoms with Gasteiger partial charge in [0.2, 0.25) is 0 Å². The van der Waals surface area contributed by atoms with Crippen molar-refractivity contribution in [1.82, 2.24) is 4.90 Å². The monoisotopic (exact) mass is 255 g/mol. The molecule has 98 valence electrons. The highest BCUT2D eigenvalue weighted by atomic mass is 19.3. The number of ether oxygens (including phenoxy) is 1. The summed E-state index contributed by atoms with van der Waals surface area (Å²) in [5, 5.41) is 0. The van der Waals surface area contributed by atoms with E-state index in [0.717, 1.165) is 12.8 Å². The van der Waals surface area contributed by atoms with E-state index in [1.165, 1.54) is 12.0 Å². The summed E-state index contributed by atoms with van der Waals surface area (Å²) >= 11 is 0. The zero-order valence-corrected chi connectivity index (χ0v) is 10.1. The van der Waals surface area contributed by atoms with Gasteiger partial charge in [0, 0.05) is 19.2 Å². The van der Waals surface area contributed by atoms with Crippen LogP contribution in [0.5, 0.6) is 0 Å². The van der Waals surface area contributed by atoms with E-state index in [9.17, 15) is 13.6 Å². The molecule has 0 spiro atoms. The third kappa shape index (κ3) is 2.24. The Hall–Kier alpha value is -1.45. The van der Waals surface area contributed by atoms with Gasteiger partial charge in [0.25, 0.3) is 6.43 Å². The number of alkyl halides is 2. The van der Waals surface area contributed by atoms with Crippen molar-refractivity contribution in [2.24, 2.45) is 0 Å². The molecule has 0 aromatic rings. The molecule has 0 N–H and O–H groups in total. The predicted molar refractivity (Wildman–Crippen MR) is 62.7 cm³/mol. The first-order chi connectivity index (χ1) is 8.69. The quantitative estimate of drug-likeness (QED) is 0.725. The van der Waals surface area contributed by atoms with Crippen LogP contribution in [-0.4, -0.2) is 36.5 Å². The lowest BCUT2D eigenvalue weighted by Gasteiger charge is -2.27. The van der Waals surface area contributed by atoms with Crippen LogP contribution in [0.15, 0.2) is 29.6 Å². The normalized spacial score (nSPS) is 27.7. The van der Waals surface area contributed by atoms with Crippen LogP contribution in [0, 0.1) is 0 Å². The van der Waals surface area contributed by atoms with Crippen LogP contribution in [0.3, 0.4) is 0 Å². The van der Waals surface area contributed by atoms with E-state index < -0.39 is 18.6 Å². The number of halogens is 2. The molecule has 1 saturated heterocycles. The molecule has 2 aliphatic rings. The van der Waals surface area contributed by atoms with Crippen molar-refractivity contribution in [3.05, 3.63) is 29.6 Å². The maximum Gasteiger partial charge on any atom is 0.259 e. The fourth-order valence-electron chi connectivity index (χ4n) is 2.42. The van der Waals surface area contributed by atoms with Crippen LogP contribution in [0.1, 0.15) is 19.3 Å². The summed E-state index contributed by atoms with van der Waals surface area (Å²) in [6.07, 6.45) is 4.23. The van der Waals surface area contributed by atoms with E-state index in [1.807, 2.05) is 12.2 Å². The number of allylic oxidation sites excluding steroid dienone is 3. The molecule has 1 heterocycles. The SMILES string of the molecule is CO[C@@H]1C[C@@H](C(F)F)N(C2=CCCC=C2)C1=C=O. The van der Waals surface area contributed by atoms with Gasteiger partial charge >= 0.3 is 0 Å². The van der Waals surface area contributed by atoms with Crippen LogP contribution < -0.4 is 0 Å². The maximum atomic E-state index is 13.1. The van der Waals surface area contributed by atoms with Crippen molar-refractivity contribution in [3.63, 3.8) is 0 Å². The standard InChI is InChI=1S/C13H15F2NO2/c1-18-12-7-10(13(14)15)16(11(12)8-17)9-5-3-2-4-6-9/h3,5-6,10,12-13H,2,4,7H2,1H3/t10-,12+/m0/s1. The van der Waals surface area contributed by atoms with E-state index in [-0.39, 0.29) is 12.1 Å². The molecule has 0 saturated carbocycles. The van der Waals surface area contributed by atoms with Gasteiger partial charge in [-0.05, 0) is 18.9 Å².